The highest BCUT2D eigenvalue weighted by atomic mass is 16.3. The second-order valence-corrected chi connectivity index (χ2v) is 6.07. The van der Waals surface area contributed by atoms with Crippen LogP contribution in [0.15, 0.2) is 24.3 Å². The van der Waals surface area contributed by atoms with Crippen molar-refractivity contribution in [3.63, 3.8) is 0 Å². The van der Waals surface area contributed by atoms with Crippen molar-refractivity contribution >= 4 is 0 Å². The molecule has 0 amide bonds. The molecule has 114 valence electrons. The third-order valence-electron chi connectivity index (χ3n) is 4.07. The van der Waals surface area contributed by atoms with Crippen LogP contribution in [-0.4, -0.2) is 14.9 Å². The monoisotopic (exact) mass is 286 g/mol. The Bertz CT molecular complexity index is 626. The fraction of sp³-hybridized carbons (Fsp3) is 0.500. The van der Waals surface area contributed by atoms with E-state index in [4.69, 9.17) is 0 Å². The number of rotatable bonds is 5. The summed E-state index contributed by atoms with van der Waals surface area (Å²) < 4.78 is 2.00. The molecule has 1 unspecified atom stereocenters. The van der Waals surface area contributed by atoms with Crippen molar-refractivity contribution in [2.24, 2.45) is 0 Å². The Morgan fingerprint density at radius 2 is 1.90 bits per heavy atom. The van der Waals surface area contributed by atoms with Crippen LogP contribution in [0.5, 0.6) is 0 Å². The minimum Gasteiger partial charge on any atom is -0.385 e. The fourth-order valence-electron chi connectivity index (χ4n) is 2.87. The molecule has 1 aromatic heterocycles. The van der Waals surface area contributed by atoms with Gasteiger partial charge in [0.15, 0.2) is 0 Å². The zero-order valence-electron chi connectivity index (χ0n) is 13.8. The van der Waals surface area contributed by atoms with Crippen LogP contribution < -0.4 is 0 Å². The second-order valence-electron chi connectivity index (χ2n) is 6.07. The molecule has 0 aliphatic rings. The van der Waals surface area contributed by atoms with Crippen LogP contribution in [0, 0.1) is 13.8 Å². The van der Waals surface area contributed by atoms with Crippen LogP contribution in [0.3, 0.4) is 0 Å². The standard InChI is InChI=1S/C18H26N2O/c1-6-15-11-16(20(7-2)19-15)12-18(5,21)17-10-13(3)8-9-14(17)4/h8-11,21H,6-7,12H2,1-5H3. The molecule has 0 saturated heterocycles. The molecule has 2 aromatic rings. The quantitative estimate of drug-likeness (QED) is 0.913. The first kappa shape index (κ1) is 15.8. The first-order chi connectivity index (χ1) is 9.87. The van der Waals surface area contributed by atoms with Gasteiger partial charge >= 0.3 is 0 Å². The van der Waals surface area contributed by atoms with Crippen molar-refractivity contribution in [2.75, 3.05) is 0 Å². The molecular formula is C18H26N2O. The molecule has 21 heavy (non-hydrogen) atoms. The van der Waals surface area contributed by atoms with Crippen molar-refractivity contribution in [3.8, 4) is 0 Å². The van der Waals surface area contributed by atoms with E-state index in [1.807, 2.05) is 11.6 Å². The van der Waals surface area contributed by atoms with Gasteiger partial charge in [-0.25, -0.2) is 0 Å². The van der Waals surface area contributed by atoms with E-state index in [9.17, 15) is 5.11 Å². The summed E-state index contributed by atoms with van der Waals surface area (Å²) in [5.41, 5.74) is 4.61. The lowest BCUT2D eigenvalue weighted by Gasteiger charge is -2.26. The molecule has 1 N–H and O–H groups in total. The number of hydrogen-bond acceptors (Lipinski definition) is 2. The molecule has 1 atom stereocenters. The highest BCUT2D eigenvalue weighted by molar-refractivity contribution is 5.35. The molecule has 0 aliphatic heterocycles. The van der Waals surface area contributed by atoms with Crippen molar-refractivity contribution in [1.29, 1.82) is 0 Å². The molecule has 0 spiro atoms. The molecule has 0 bridgehead atoms. The van der Waals surface area contributed by atoms with Gasteiger partial charge in [-0.05, 0) is 51.3 Å². The molecule has 2 rings (SSSR count). The van der Waals surface area contributed by atoms with Gasteiger partial charge in [-0.1, -0.05) is 30.7 Å². The van der Waals surface area contributed by atoms with Crippen LogP contribution >= 0.6 is 0 Å². The molecule has 0 fully saturated rings. The van der Waals surface area contributed by atoms with Crippen LogP contribution in [0.25, 0.3) is 0 Å². The highest BCUT2D eigenvalue weighted by Gasteiger charge is 2.27. The minimum absolute atomic E-state index is 0.581. The van der Waals surface area contributed by atoms with Crippen LogP contribution in [0.2, 0.25) is 0 Å². The smallest absolute Gasteiger partial charge is 0.0926 e. The predicted octanol–water partition coefficient (Wildman–Crippen LogP) is 3.53. The van der Waals surface area contributed by atoms with Crippen molar-refractivity contribution < 1.29 is 5.11 Å². The van der Waals surface area contributed by atoms with E-state index in [2.05, 4.69) is 57.1 Å². The fourth-order valence-corrected chi connectivity index (χ4v) is 2.87. The Morgan fingerprint density at radius 3 is 2.52 bits per heavy atom. The molecule has 0 radical (unpaired) electrons. The zero-order valence-corrected chi connectivity index (χ0v) is 13.8. The number of aliphatic hydroxyl groups is 1. The lowest BCUT2D eigenvalue weighted by Crippen LogP contribution is -2.27. The third-order valence-corrected chi connectivity index (χ3v) is 4.07. The number of aromatic nitrogens is 2. The SMILES string of the molecule is CCc1cc(CC(C)(O)c2cc(C)ccc2C)n(CC)n1. The van der Waals surface area contributed by atoms with Gasteiger partial charge in [0.1, 0.15) is 0 Å². The van der Waals surface area contributed by atoms with E-state index in [1.54, 1.807) is 0 Å². The number of hydrogen-bond donors (Lipinski definition) is 1. The normalized spacial score (nSPS) is 14.2. The summed E-state index contributed by atoms with van der Waals surface area (Å²) in [4.78, 5) is 0. The van der Waals surface area contributed by atoms with Gasteiger partial charge < -0.3 is 5.11 Å². The predicted molar refractivity (Wildman–Crippen MR) is 86.5 cm³/mol. The Morgan fingerprint density at radius 1 is 1.19 bits per heavy atom. The van der Waals surface area contributed by atoms with Crippen molar-refractivity contribution in [3.05, 3.63) is 52.3 Å². The summed E-state index contributed by atoms with van der Waals surface area (Å²) in [5.74, 6) is 0. The lowest BCUT2D eigenvalue weighted by atomic mass is 9.87. The zero-order chi connectivity index (χ0) is 15.6. The first-order valence-corrected chi connectivity index (χ1v) is 7.73. The van der Waals surface area contributed by atoms with Gasteiger partial charge in [-0.15, -0.1) is 0 Å². The molecule has 0 aliphatic carbocycles. The average molecular weight is 286 g/mol. The molecule has 0 saturated carbocycles. The molecular weight excluding hydrogens is 260 g/mol. The van der Waals surface area contributed by atoms with Gasteiger partial charge in [0.05, 0.1) is 11.3 Å². The van der Waals surface area contributed by atoms with E-state index in [1.165, 1.54) is 5.56 Å². The molecule has 3 nitrogen and oxygen atoms in total. The highest BCUT2D eigenvalue weighted by Crippen LogP contribution is 2.29. The maximum Gasteiger partial charge on any atom is 0.0926 e. The van der Waals surface area contributed by atoms with Crippen LogP contribution in [-0.2, 0) is 25.0 Å². The lowest BCUT2D eigenvalue weighted by molar-refractivity contribution is 0.0547. The Balaban J connectivity index is 2.36. The third kappa shape index (κ3) is 3.35. The summed E-state index contributed by atoms with van der Waals surface area (Å²) in [6, 6.07) is 8.36. The molecule has 3 heteroatoms. The first-order valence-electron chi connectivity index (χ1n) is 7.73. The Kier molecular flexibility index (Phi) is 4.52. The van der Waals surface area contributed by atoms with E-state index in [0.29, 0.717) is 6.42 Å². The summed E-state index contributed by atoms with van der Waals surface area (Å²) >= 11 is 0. The summed E-state index contributed by atoms with van der Waals surface area (Å²) in [7, 11) is 0. The number of nitrogens with zero attached hydrogens (tertiary/aromatic N) is 2. The van der Waals surface area contributed by atoms with E-state index in [-0.39, 0.29) is 0 Å². The minimum atomic E-state index is -0.881. The average Bonchev–Trinajstić information content (AvgIpc) is 2.82. The van der Waals surface area contributed by atoms with Crippen molar-refractivity contribution in [2.45, 2.75) is 59.6 Å². The second kappa shape index (κ2) is 6.02. The van der Waals surface area contributed by atoms with Crippen molar-refractivity contribution in [1.82, 2.24) is 9.78 Å². The maximum atomic E-state index is 11.0. The molecule has 1 heterocycles. The van der Waals surface area contributed by atoms with Crippen LogP contribution in [0.4, 0.5) is 0 Å². The van der Waals surface area contributed by atoms with Gasteiger partial charge in [-0.3, -0.25) is 4.68 Å². The van der Waals surface area contributed by atoms with Gasteiger partial charge in [0.25, 0.3) is 0 Å². The summed E-state index contributed by atoms with van der Waals surface area (Å²) in [5, 5.41) is 15.6. The Hall–Kier alpha value is -1.61. The maximum absolute atomic E-state index is 11.0. The number of aryl methyl sites for hydroxylation is 4. The van der Waals surface area contributed by atoms with Gasteiger partial charge in [0.2, 0.25) is 0 Å². The molecule has 1 aromatic carbocycles. The summed E-state index contributed by atoms with van der Waals surface area (Å²) in [6.07, 6.45) is 1.50. The van der Waals surface area contributed by atoms with Gasteiger partial charge in [-0.2, -0.15) is 5.10 Å². The van der Waals surface area contributed by atoms with Crippen LogP contribution in [0.1, 0.15) is 48.8 Å². The van der Waals surface area contributed by atoms with E-state index in [0.717, 1.165) is 35.5 Å². The Labute approximate surface area is 127 Å². The largest absolute Gasteiger partial charge is 0.385 e. The van der Waals surface area contributed by atoms with Gasteiger partial charge in [0, 0.05) is 18.7 Å². The summed E-state index contributed by atoms with van der Waals surface area (Å²) in [6.45, 7) is 11.0. The number of benzene rings is 1. The topological polar surface area (TPSA) is 38.0 Å². The van der Waals surface area contributed by atoms with E-state index < -0.39 is 5.60 Å². The van der Waals surface area contributed by atoms with E-state index >= 15 is 0 Å².